The fourth-order valence-corrected chi connectivity index (χ4v) is 3.12. The van der Waals surface area contributed by atoms with Crippen molar-refractivity contribution in [3.05, 3.63) is 69.8 Å². The monoisotopic (exact) mass is 347 g/mol. The van der Waals surface area contributed by atoms with Gasteiger partial charge in [0.1, 0.15) is 5.69 Å². The van der Waals surface area contributed by atoms with Crippen molar-refractivity contribution in [1.29, 1.82) is 0 Å². The molecule has 0 amide bonds. The minimum Gasteiger partial charge on any atom is -0.377 e. The second kappa shape index (κ2) is 7.57. The fourth-order valence-electron chi connectivity index (χ4n) is 3.12. The van der Waals surface area contributed by atoms with E-state index in [9.17, 15) is 18.9 Å². The summed E-state index contributed by atoms with van der Waals surface area (Å²) in [4.78, 5) is 12.7. The molecule has 7 heteroatoms. The lowest BCUT2D eigenvalue weighted by Crippen LogP contribution is -2.38. The molecule has 3 rings (SSSR count). The summed E-state index contributed by atoms with van der Waals surface area (Å²) in [6, 6.07) is 10.9. The summed E-state index contributed by atoms with van der Waals surface area (Å²) in [5.41, 5.74) is 0.930. The van der Waals surface area contributed by atoms with Gasteiger partial charge in [0.25, 0.3) is 5.69 Å². The molecule has 1 saturated heterocycles. The van der Waals surface area contributed by atoms with Crippen molar-refractivity contribution in [2.75, 3.05) is 18.4 Å². The van der Waals surface area contributed by atoms with Gasteiger partial charge in [-0.3, -0.25) is 15.0 Å². The summed E-state index contributed by atoms with van der Waals surface area (Å²) in [5, 5.41) is 14.3. The zero-order valence-electron chi connectivity index (χ0n) is 13.6. The van der Waals surface area contributed by atoms with Crippen LogP contribution in [0.3, 0.4) is 0 Å². The molecule has 1 aliphatic rings. The van der Waals surface area contributed by atoms with Crippen molar-refractivity contribution < 1.29 is 13.7 Å². The minimum absolute atomic E-state index is 0.0618. The van der Waals surface area contributed by atoms with Gasteiger partial charge in [0.15, 0.2) is 11.6 Å². The summed E-state index contributed by atoms with van der Waals surface area (Å²) in [6.45, 7) is 1.80. The Hall–Kier alpha value is -2.54. The molecule has 132 valence electrons. The van der Waals surface area contributed by atoms with Crippen LogP contribution in [0, 0.1) is 21.7 Å². The molecule has 2 aromatic carbocycles. The molecule has 0 aliphatic carbocycles. The average Bonchev–Trinajstić information content (AvgIpc) is 2.61. The molecule has 0 radical (unpaired) electrons. The predicted molar refractivity (Wildman–Crippen MR) is 91.4 cm³/mol. The molecule has 0 unspecified atom stereocenters. The van der Waals surface area contributed by atoms with Crippen LogP contribution in [-0.4, -0.2) is 29.0 Å². The number of nitrogens with zero attached hydrogens (tertiary/aromatic N) is 2. The predicted octanol–water partition coefficient (Wildman–Crippen LogP) is 3.95. The van der Waals surface area contributed by atoms with E-state index >= 15 is 0 Å². The number of benzene rings is 2. The summed E-state index contributed by atoms with van der Waals surface area (Å²) in [7, 11) is 0. The van der Waals surface area contributed by atoms with Crippen molar-refractivity contribution in [1.82, 2.24) is 4.90 Å². The number of rotatable bonds is 5. The quantitative estimate of drug-likeness (QED) is 0.657. The minimum atomic E-state index is -0.828. The lowest BCUT2D eigenvalue weighted by molar-refractivity contribution is -0.384. The summed E-state index contributed by atoms with van der Waals surface area (Å²) < 4.78 is 27.0. The number of nitrogens with one attached hydrogen (secondary N) is 1. The number of hydrogen-bond acceptors (Lipinski definition) is 4. The Kier molecular flexibility index (Phi) is 5.23. The SMILES string of the molecule is O=[N+]([O-])c1ccccc1NC1CCN(Cc2cccc(F)c2F)CC1. The smallest absolute Gasteiger partial charge is 0.292 e. The van der Waals surface area contributed by atoms with Gasteiger partial charge in [-0.05, 0) is 25.0 Å². The molecule has 0 bridgehead atoms. The Morgan fingerprint density at radius 3 is 2.56 bits per heavy atom. The first-order chi connectivity index (χ1) is 12.0. The number of nitro groups is 1. The van der Waals surface area contributed by atoms with E-state index in [0.29, 0.717) is 30.9 Å². The first-order valence-corrected chi connectivity index (χ1v) is 8.20. The average molecular weight is 347 g/mol. The number of para-hydroxylation sites is 2. The Balaban J connectivity index is 1.57. The van der Waals surface area contributed by atoms with Crippen LogP contribution in [0.2, 0.25) is 0 Å². The first kappa shape index (κ1) is 17.3. The van der Waals surface area contributed by atoms with Crippen LogP contribution in [0.4, 0.5) is 20.2 Å². The molecule has 0 atom stereocenters. The topological polar surface area (TPSA) is 58.4 Å². The standard InChI is InChI=1S/C18H19F2N3O2/c19-15-5-3-4-13(18(15)20)12-22-10-8-14(9-11-22)21-16-6-1-2-7-17(16)23(24)25/h1-7,14,21H,8-12H2. The molecule has 1 N–H and O–H groups in total. The highest BCUT2D eigenvalue weighted by Gasteiger charge is 2.22. The third-order valence-corrected chi connectivity index (χ3v) is 4.47. The largest absolute Gasteiger partial charge is 0.377 e. The molecule has 0 aromatic heterocycles. The van der Waals surface area contributed by atoms with E-state index in [1.54, 1.807) is 24.3 Å². The lowest BCUT2D eigenvalue weighted by Gasteiger charge is -2.32. The molecule has 0 saturated carbocycles. The summed E-state index contributed by atoms with van der Waals surface area (Å²) >= 11 is 0. The van der Waals surface area contributed by atoms with Gasteiger partial charge in [-0.1, -0.05) is 24.3 Å². The van der Waals surface area contributed by atoms with Crippen LogP contribution in [0.15, 0.2) is 42.5 Å². The van der Waals surface area contributed by atoms with E-state index < -0.39 is 16.6 Å². The number of hydrogen-bond donors (Lipinski definition) is 1. The Morgan fingerprint density at radius 2 is 1.84 bits per heavy atom. The first-order valence-electron chi connectivity index (χ1n) is 8.20. The summed E-state index contributed by atoms with van der Waals surface area (Å²) in [6.07, 6.45) is 1.56. The van der Waals surface area contributed by atoms with Crippen molar-refractivity contribution in [3.63, 3.8) is 0 Å². The normalized spacial score (nSPS) is 15.9. The van der Waals surface area contributed by atoms with E-state index in [1.807, 2.05) is 0 Å². The molecule has 2 aromatic rings. The molecule has 0 spiro atoms. The number of halogens is 2. The molecule has 1 heterocycles. The van der Waals surface area contributed by atoms with Crippen LogP contribution in [0.1, 0.15) is 18.4 Å². The zero-order valence-corrected chi connectivity index (χ0v) is 13.6. The van der Waals surface area contributed by atoms with Crippen molar-refractivity contribution >= 4 is 11.4 Å². The maximum absolute atomic E-state index is 13.8. The second-order valence-corrected chi connectivity index (χ2v) is 6.18. The third-order valence-electron chi connectivity index (χ3n) is 4.47. The van der Waals surface area contributed by atoms with E-state index in [0.717, 1.165) is 18.9 Å². The van der Waals surface area contributed by atoms with Gasteiger partial charge in [0.2, 0.25) is 0 Å². The molecule has 1 fully saturated rings. The molecular formula is C18H19F2N3O2. The zero-order chi connectivity index (χ0) is 17.8. The van der Waals surface area contributed by atoms with Gasteiger partial charge in [-0.15, -0.1) is 0 Å². The highest BCUT2D eigenvalue weighted by atomic mass is 19.2. The molecule has 1 aliphatic heterocycles. The number of anilines is 1. The van der Waals surface area contributed by atoms with Crippen molar-refractivity contribution in [2.45, 2.75) is 25.4 Å². The van der Waals surface area contributed by atoms with E-state index in [-0.39, 0.29) is 11.7 Å². The molecule has 5 nitrogen and oxygen atoms in total. The van der Waals surface area contributed by atoms with Gasteiger partial charge in [-0.2, -0.15) is 0 Å². The molecule has 25 heavy (non-hydrogen) atoms. The van der Waals surface area contributed by atoms with Crippen molar-refractivity contribution in [3.8, 4) is 0 Å². The third kappa shape index (κ3) is 4.11. The maximum Gasteiger partial charge on any atom is 0.292 e. The van der Waals surface area contributed by atoms with Gasteiger partial charge < -0.3 is 5.32 Å². The lowest BCUT2D eigenvalue weighted by atomic mass is 10.0. The van der Waals surface area contributed by atoms with Crippen LogP contribution in [0.5, 0.6) is 0 Å². The fraction of sp³-hybridized carbons (Fsp3) is 0.333. The van der Waals surface area contributed by atoms with Gasteiger partial charge in [0, 0.05) is 37.3 Å². The van der Waals surface area contributed by atoms with Crippen LogP contribution >= 0.6 is 0 Å². The van der Waals surface area contributed by atoms with E-state index in [1.165, 1.54) is 12.1 Å². The highest BCUT2D eigenvalue weighted by Crippen LogP contribution is 2.26. The highest BCUT2D eigenvalue weighted by molar-refractivity contribution is 5.61. The van der Waals surface area contributed by atoms with Crippen LogP contribution < -0.4 is 5.32 Å². The van der Waals surface area contributed by atoms with Crippen LogP contribution in [-0.2, 0) is 6.54 Å². The van der Waals surface area contributed by atoms with Crippen LogP contribution in [0.25, 0.3) is 0 Å². The Labute approximate surface area is 144 Å². The number of likely N-dealkylation sites (tertiary alicyclic amines) is 1. The maximum atomic E-state index is 13.8. The van der Waals surface area contributed by atoms with E-state index in [4.69, 9.17) is 0 Å². The van der Waals surface area contributed by atoms with Gasteiger partial charge in [-0.25, -0.2) is 8.78 Å². The second-order valence-electron chi connectivity index (χ2n) is 6.18. The van der Waals surface area contributed by atoms with Gasteiger partial charge in [0.05, 0.1) is 4.92 Å². The van der Waals surface area contributed by atoms with Crippen molar-refractivity contribution in [2.24, 2.45) is 0 Å². The van der Waals surface area contributed by atoms with E-state index in [2.05, 4.69) is 10.2 Å². The Bertz CT molecular complexity index is 762. The molecular weight excluding hydrogens is 328 g/mol. The number of piperidine rings is 1. The Morgan fingerprint density at radius 1 is 1.12 bits per heavy atom. The number of nitro benzene ring substituents is 1. The summed E-state index contributed by atoms with van der Waals surface area (Å²) in [5.74, 6) is -1.62. The van der Waals surface area contributed by atoms with Gasteiger partial charge >= 0.3 is 0 Å².